The third-order valence-corrected chi connectivity index (χ3v) is 6.99. The van der Waals surface area contributed by atoms with E-state index < -0.39 is 0 Å². The maximum absolute atomic E-state index is 11.9. The molecule has 2 atom stereocenters. The molecule has 2 aliphatic carbocycles. The van der Waals surface area contributed by atoms with Crippen LogP contribution in [0.1, 0.15) is 75.3 Å². The van der Waals surface area contributed by atoms with Crippen molar-refractivity contribution < 1.29 is 19.0 Å². The molecule has 0 spiro atoms. The summed E-state index contributed by atoms with van der Waals surface area (Å²) in [5, 5.41) is 0. The second-order valence-corrected chi connectivity index (χ2v) is 8.57. The van der Waals surface area contributed by atoms with Gasteiger partial charge in [0.1, 0.15) is 0 Å². The van der Waals surface area contributed by atoms with Gasteiger partial charge in [-0.05, 0) is 63.1 Å². The minimum Gasteiger partial charge on any atom is -0.493 e. The number of aliphatic imine (C=N–C) groups is 1. The van der Waals surface area contributed by atoms with Crippen LogP contribution in [0.2, 0.25) is 0 Å². The maximum atomic E-state index is 11.9. The molecule has 1 aromatic rings. The van der Waals surface area contributed by atoms with Crippen molar-refractivity contribution in [2.45, 2.75) is 70.3 Å². The molecule has 0 amide bonds. The molecular formula is C24H33NO4. The Hall–Kier alpha value is -2.04. The highest BCUT2D eigenvalue weighted by molar-refractivity contribution is 6.05. The second kappa shape index (κ2) is 8.76. The van der Waals surface area contributed by atoms with Crippen molar-refractivity contribution in [3.63, 3.8) is 0 Å². The van der Waals surface area contributed by atoms with Crippen molar-refractivity contribution in [2.75, 3.05) is 20.8 Å². The van der Waals surface area contributed by atoms with E-state index in [4.69, 9.17) is 19.2 Å². The van der Waals surface area contributed by atoms with Gasteiger partial charge in [0.25, 0.3) is 0 Å². The monoisotopic (exact) mass is 399 g/mol. The molecular weight excluding hydrogens is 366 g/mol. The number of hydrogen-bond acceptors (Lipinski definition) is 5. The summed E-state index contributed by atoms with van der Waals surface area (Å²) in [6, 6.07) is 4.75. The zero-order valence-corrected chi connectivity index (χ0v) is 17.9. The van der Waals surface area contributed by atoms with Crippen LogP contribution in [-0.2, 0) is 9.53 Å². The summed E-state index contributed by atoms with van der Waals surface area (Å²) in [6.07, 6.45) is 8.64. The fourth-order valence-electron chi connectivity index (χ4n) is 5.50. The fourth-order valence-corrected chi connectivity index (χ4v) is 5.50. The van der Waals surface area contributed by atoms with Gasteiger partial charge in [0.2, 0.25) is 0 Å². The van der Waals surface area contributed by atoms with Gasteiger partial charge >= 0.3 is 5.97 Å². The van der Waals surface area contributed by atoms with Gasteiger partial charge in [0.15, 0.2) is 11.5 Å². The molecule has 29 heavy (non-hydrogen) atoms. The largest absolute Gasteiger partial charge is 0.493 e. The van der Waals surface area contributed by atoms with E-state index in [-0.39, 0.29) is 11.9 Å². The number of carbonyl (C=O) groups excluding carboxylic acids is 1. The van der Waals surface area contributed by atoms with Crippen LogP contribution in [0.4, 0.5) is 0 Å². The number of nitrogens with zero attached hydrogens (tertiary/aromatic N) is 1. The zero-order chi connectivity index (χ0) is 20.4. The van der Waals surface area contributed by atoms with Crippen LogP contribution in [0.5, 0.6) is 11.5 Å². The van der Waals surface area contributed by atoms with Gasteiger partial charge in [0, 0.05) is 23.1 Å². The molecule has 1 aromatic carbocycles. The summed E-state index contributed by atoms with van der Waals surface area (Å²) >= 11 is 0. The lowest BCUT2D eigenvalue weighted by Crippen LogP contribution is -2.34. The number of benzene rings is 1. The minimum atomic E-state index is -0.0650. The van der Waals surface area contributed by atoms with Crippen LogP contribution in [0.25, 0.3) is 0 Å². The van der Waals surface area contributed by atoms with Gasteiger partial charge < -0.3 is 14.2 Å². The van der Waals surface area contributed by atoms with E-state index in [9.17, 15) is 4.79 Å². The standard InChI is InChI=1S/C24H33NO4/c1-4-29-22-13-18-17-7-5-6-8-20(17)25-23(19(18)14-21(22)27-2)15-9-11-16(12-10-15)24(26)28-3/h13-17,20H,4-12H2,1-3H3. The van der Waals surface area contributed by atoms with Crippen LogP contribution in [0.15, 0.2) is 17.1 Å². The number of rotatable bonds is 5. The van der Waals surface area contributed by atoms with Gasteiger partial charge in [0.05, 0.1) is 32.8 Å². The predicted molar refractivity (Wildman–Crippen MR) is 113 cm³/mol. The van der Waals surface area contributed by atoms with Crippen LogP contribution >= 0.6 is 0 Å². The Labute approximate surface area is 173 Å². The molecule has 5 nitrogen and oxygen atoms in total. The van der Waals surface area contributed by atoms with E-state index in [0.29, 0.717) is 24.5 Å². The lowest BCUT2D eigenvalue weighted by Gasteiger charge is -2.38. The lowest BCUT2D eigenvalue weighted by molar-refractivity contribution is -0.146. The number of methoxy groups -OCH3 is 2. The molecule has 158 valence electrons. The van der Waals surface area contributed by atoms with Gasteiger partial charge in [-0.15, -0.1) is 0 Å². The van der Waals surface area contributed by atoms with Gasteiger partial charge in [-0.3, -0.25) is 9.79 Å². The highest BCUT2D eigenvalue weighted by Crippen LogP contribution is 2.46. The Morgan fingerprint density at radius 3 is 2.48 bits per heavy atom. The Bertz CT molecular complexity index is 779. The summed E-state index contributed by atoms with van der Waals surface area (Å²) in [4.78, 5) is 17.2. The third kappa shape index (κ3) is 3.88. The highest BCUT2D eigenvalue weighted by Gasteiger charge is 2.38. The molecule has 0 aromatic heterocycles. The Kier molecular flexibility index (Phi) is 6.12. The van der Waals surface area contributed by atoms with E-state index in [1.807, 2.05) is 6.92 Å². The summed E-state index contributed by atoms with van der Waals surface area (Å²) in [7, 11) is 3.19. The molecule has 1 aliphatic heterocycles. The predicted octanol–water partition coefficient (Wildman–Crippen LogP) is 4.90. The summed E-state index contributed by atoms with van der Waals surface area (Å²) in [6.45, 7) is 2.64. The van der Waals surface area contributed by atoms with Crippen molar-refractivity contribution >= 4 is 11.7 Å². The van der Waals surface area contributed by atoms with E-state index in [1.165, 1.54) is 49.6 Å². The Morgan fingerprint density at radius 2 is 1.79 bits per heavy atom. The molecule has 0 N–H and O–H groups in total. The molecule has 0 bridgehead atoms. The SMILES string of the molecule is CCOc1cc2c(cc1OC)C(C1CCC(C(=O)OC)CC1)=NC1CCCCC21. The topological polar surface area (TPSA) is 57.1 Å². The van der Waals surface area contributed by atoms with Crippen molar-refractivity contribution in [1.29, 1.82) is 0 Å². The summed E-state index contributed by atoms with van der Waals surface area (Å²) in [5.41, 5.74) is 3.86. The molecule has 3 aliphatic rings. The first-order valence-electron chi connectivity index (χ1n) is 11.2. The molecule has 2 saturated carbocycles. The number of carbonyl (C=O) groups is 1. The van der Waals surface area contributed by atoms with Crippen LogP contribution in [0.3, 0.4) is 0 Å². The van der Waals surface area contributed by atoms with Crippen LogP contribution in [0, 0.1) is 11.8 Å². The molecule has 1 heterocycles. The van der Waals surface area contributed by atoms with Gasteiger partial charge in [-0.1, -0.05) is 12.8 Å². The molecule has 0 radical (unpaired) electrons. The van der Waals surface area contributed by atoms with Gasteiger partial charge in [-0.2, -0.15) is 0 Å². The molecule has 5 heteroatoms. The van der Waals surface area contributed by atoms with E-state index in [0.717, 1.165) is 37.2 Å². The number of hydrogen-bond donors (Lipinski definition) is 0. The van der Waals surface area contributed by atoms with Crippen LogP contribution in [-0.4, -0.2) is 38.5 Å². The molecule has 2 unspecified atom stereocenters. The summed E-state index contributed by atoms with van der Waals surface area (Å²) < 4.78 is 16.5. The summed E-state index contributed by atoms with van der Waals surface area (Å²) in [5.74, 6) is 2.49. The van der Waals surface area contributed by atoms with E-state index in [2.05, 4.69) is 12.1 Å². The molecule has 2 fully saturated rings. The Balaban J connectivity index is 1.68. The first-order chi connectivity index (χ1) is 14.2. The average molecular weight is 400 g/mol. The number of esters is 1. The molecule has 4 rings (SSSR count). The van der Waals surface area contributed by atoms with Crippen LogP contribution < -0.4 is 9.47 Å². The first kappa shape index (κ1) is 20.2. The quantitative estimate of drug-likeness (QED) is 0.661. The molecule has 0 saturated heterocycles. The first-order valence-corrected chi connectivity index (χ1v) is 11.2. The zero-order valence-electron chi connectivity index (χ0n) is 17.9. The lowest BCUT2D eigenvalue weighted by atomic mass is 9.71. The fraction of sp³-hybridized carbons (Fsp3) is 0.667. The number of ether oxygens (including phenoxy) is 3. The minimum absolute atomic E-state index is 0.0391. The average Bonchev–Trinajstić information content (AvgIpc) is 2.78. The highest BCUT2D eigenvalue weighted by atomic mass is 16.5. The third-order valence-electron chi connectivity index (χ3n) is 6.99. The Morgan fingerprint density at radius 1 is 1.03 bits per heavy atom. The number of fused-ring (bicyclic) bond motifs is 3. The van der Waals surface area contributed by atoms with Crippen molar-refractivity contribution in [1.82, 2.24) is 0 Å². The van der Waals surface area contributed by atoms with Gasteiger partial charge in [-0.25, -0.2) is 0 Å². The van der Waals surface area contributed by atoms with E-state index in [1.54, 1.807) is 7.11 Å². The normalized spacial score (nSPS) is 28.6. The van der Waals surface area contributed by atoms with Crippen molar-refractivity contribution in [3.05, 3.63) is 23.3 Å². The smallest absolute Gasteiger partial charge is 0.308 e. The van der Waals surface area contributed by atoms with Crippen molar-refractivity contribution in [2.24, 2.45) is 16.8 Å². The van der Waals surface area contributed by atoms with E-state index >= 15 is 0 Å². The van der Waals surface area contributed by atoms with Crippen molar-refractivity contribution in [3.8, 4) is 11.5 Å². The maximum Gasteiger partial charge on any atom is 0.308 e. The second-order valence-electron chi connectivity index (χ2n) is 8.57.